The second-order valence-electron chi connectivity index (χ2n) is 4.48. The number of nitrogens with zero attached hydrogens (tertiary/aromatic N) is 3. The van der Waals surface area contributed by atoms with Crippen molar-refractivity contribution in [1.29, 1.82) is 0 Å². The SMILES string of the molecule is CCCN(CC1CC1)C(=O)c1nccnc1N. The zero-order valence-corrected chi connectivity index (χ0v) is 10.1. The first-order valence-corrected chi connectivity index (χ1v) is 6.08. The molecule has 0 radical (unpaired) electrons. The molecule has 1 aromatic heterocycles. The van der Waals surface area contributed by atoms with E-state index in [1.54, 1.807) is 0 Å². The fourth-order valence-corrected chi connectivity index (χ4v) is 1.82. The summed E-state index contributed by atoms with van der Waals surface area (Å²) in [6.07, 6.45) is 6.40. The molecule has 5 heteroatoms. The Balaban J connectivity index is 2.11. The summed E-state index contributed by atoms with van der Waals surface area (Å²) >= 11 is 0. The summed E-state index contributed by atoms with van der Waals surface area (Å²) in [5, 5.41) is 0. The molecule has 17 heavy (non-hydrogen) atoms. The molecule has 1 aliphatic rings. The number of amides is 1. The van der Waals surface area contributed by atoms with E-state index < -0.39 is 0 Å². The highest BCUT2D eigenvalue weighted by Gasteiger charge is 2.28. The van der Waals surface area contributed by atoms with Crippen molar-refractivity contribution in [3.63, 3.8) is 0 Å². The molecule has 0 bridgehead atoms. The maximum atomic E-state index is 12.3. The molecule has 0 saturated heterocycles. The van der Waals surface area contributed by atoms with Crippen molar-refractivity contribution in [2.75, 3.05) is 18.8 Å². The lowest BCUT2D eigenvalue weighted by Gasteiger charge is -2.21. The van der Waals surface area contributed by atoms with E-state index in [2.05, 4.69) is 16.9 Å². The fourth-order valence-electron chi connectivity index (χ4n) is 1.82. The lowest BCUT2D eigenvalue weighted by atomic mass is 10.2. The highest BCUT2D eigenvalue weighted by Crippen LogP contribution is 2.30. The van der Waals surface area contributed by atoms with Gasteiger partial charge in [0.25, 0.3) is 5.91 Å². The first kappa shape index (κ1) is 11.8. The molecule has 1 fully saturated rings. The zero-order valence-electron chi connectivity index (χ0n) is 10.1. The van der Waals surface area contributed by atoms with Crippen molar-refractivity contribution in [3.05, 3.63) is 18.1 Å². The maximum Gasteiger partial charge on any atom is 0.276 e. The van der Waals surface area contributed by atoms with E-state index >= 15 is 0 Å². The zero-order chi connectivity index (χ0) is 12.3. The molecule has 0 aromatic carbocycles. The van der Waals surface area contributed by atoms with Crippen LogP contribution in [0.3, 0.4) is 0 Å². The van der Waals surface area contributed by atoms with Crippen molar-refractivity contribution in [2.45, 2.75) is 26.2 Å². The van der Waals surface area contributed by atoms with Crippen LogP contribution in [0.1, 0.15) is 36.7 Å². The van der Waals surface area contributed by atoms with E-state index in [-0.39, 0.29) is 17.4 Å². The van der Waals surface area contributed by atoms with Gasteiger partial charge in [-0.15, -0.1) is 0 Å². The average Bonchev–Trinajstić information content (AvgIpc) is 3.12. The third-order valence-electron chi connectivity index (χ3n) is 2.89. The van der Waals surface area contributed by atoms with Crippen molar-refractivity contribution >= 4 is 11.7 Å². The monoisotopic (exact) mass is 234 g/mol. The predicted molar refractivity (Wildman–Crippen MR) is 65.4 cm³/mol. The molecular weight excluding hydrogens is 216 g/mol. The van der Waals surface area contributed by atoms with Gasteiger partial charge in [-0.2, -0.15) is 0 Å². The van der Waals surface area contributed by atoms with Crippen LogP contribution in [-0.4, -0.2) is 33.9 Å². The highest BCUT2D eigenvalue weighted by molar-refractivity contribution is 5.96. The van der Waals surface area contributed by atoms with E-state index in [1.165, 1.54) is 25.2 Å². The van der Waals surface area contributed by atoms with Crippen molar-refractivity contribution in [1.82, 2.24) is 14.9 Å². The third kappa shape index (κ3) is 2.93. The molecule has 0 unspecified atom stereocenters. The minimum Gasteiger partial charge on any atom is -0.382 e. The second-order valence-corrected chi connectivity index (χ2v) is 4.48. The highest BCUT2D eigenvalue weighted by atomic mass is 16.2. The predicted octanol–water partition coefficient (Wildman–Crippen LogP) is 1.32. The first-order valence-electron chi connectivity index (χ1n) is 6.08. The van der Waals surface area contributed by atoms with E-state index in [1.807, 2.05) is 4.90 Å². The molecule has 1 saturated carbocycles. The van der Waals surface area contributed by atoms with Crippen LogP contribution in [0.5, 0.6) is 0 Å². The molecule has 92 valence electrons. The molecule has 2 N–H and O–H groups in total. The Hall–Kier alpha value is -1.65. The Morgan fingerprint density at radius 1 is 1.47 bits per heavy atom. The minimum absolute atomic E-state index is 0.0932. The van der Waals surface area contributed by atoms with Gasteiger partial charge in [0, 0.05) is 25.5 Å². The number of hydrogen-bond donors (Lipinski definition) is 1. The molecule has 1 heterocycles. The molecule has 1 amide bonds. The third-order valence-corrected chi connectivity index (χ3v) is 2.89. The summed E-state index contributed by atoms with van der Waals surface area (Å²) in [6.45, 7) is 3.64. The van der Waals surface area contributed by atoms with Crippen molar-refractivity contribution < 1.29 is 4.79 Å². The summed E-state index contributed by atoms with van der Waals surface area (Å²) in [5.41, 5.74) is 5.96. The van der Waals surface area contributed by atoms with Gasteiger partial charge in [0.05, 0.1) is 0 Å². The van der Waals surface area contributed by atoms with E-state index in [4.69, 9.17) is 5.73 Å². The van der Waals surface area contributed by atoms with E-state index in [0.717, 1.165) is 19.5 Å². The van der Waals surface area contributed by atoms with Crippen molar-refractivity contribution in [3.8, 4) is 0 Å². The lowest BCUT2D eigenvalue weighted by Crippen LogP contribution is -2.34. The second kappa shape index (κ2) is 5.12. The normalized spacial score (nSPS) is 14.6. The van der Waals surface area contributed by atoms with Gasteiger partial charge >= 0.3 is 0 Å². The van der Waals surface area contributed by atoms with Gasteiger partial charge in [-0.25, -0.2) is 9.97 Å². The molecule has 5 nitrogen and oxygen atoms in total. The molecule has 1 aliphatic carbocycles. The standard InChI is InChI=1S/C12H18N4O/c1-2-7-16(8-9-3-4-9)12(17)10-11(13)15-6-5-14-10/h5-6,9H,2-4,7-8H2,1H3,(H2,13,15). The van der Waals surface area contributed by atoms with Gasteiger partial charge in [-0.05, 0) is 25.2 Å². The molecule has 2 rings (SSSR count). The van der Waals surface area contributed by atoms with Crippen LogP contribution >= 0.6 is 0 Å². The molecule has 1 aromatic rings. The number of nitrogens with two attached hydrogens (primary N) is 1. The Labute approximate surface area is 101 Å². The molecular formula is C12H18N4O. The largest absolute Gasteiger partial charge is 0.382 e. The van der Waals surface area contributed by atoms with Crippen molar-refractivity contribution in [2.24, 2.45) is 5.92 Å². The molecule has 0 spiro atoms. The Bertz CT molecular complexity index is 403. The van der Waals surface area contributed by atoms with Gasteiger partial charge in [0.1, 0.15) is 0 Å². The number of carbonyl (C=O) groups is 1. The number of rotatable bonds is 5. The minimum atomic E-state index is -0.0932. The summed E-state index contributed by atoms with van der Waals surface area (Å²) in [4.78, 5) is 22.0. The number of nitrogen functional groups attached to an aromatic ring is 1. The smallest absolute Gasteiger partial charge is 0.276 e. The van der Waals surface area contributed by atoms with E-state index in [0.29, 0.717) is 5.92 Å². The van der Waals surface area contributed by atoms with Gasteiger partial charge in [-0.1, -0.05) is 6.92 Å². The van der Waals surface area contributed by atoms with Crippen LogP contribution in [0.15, 0.2) is 12.4 Å². The lowest BCUT2D eigenvalue weighted by molar-refractivity contribution is 0.0742. The van der Waals surface area contributed by atoms with Gasteiger partial charge in [0.2, 0.25) is 0 Å². The maximum absolute atomic E-state index is 12.3. The topological polar surface area (TPSA) is 72.1 Å². The average molecular weight is 234 g/mol. The Kier molecular flexibility index (Phi) is 3.56. The first-order chi connectivity index (χ1) is 8.22. The Morgan fingerprint density at radius 2 is 2.18 bits per heavy atom. The summed E-state index contributed by atoms with van der Waals surface area (Å²) in [6, 6.07) is 0. The Morgan fingerprint density at radius 3 is 2.76 bits per heavy atom. The quantitative estimate of drug-likeness (QED) is 0.834. The molecule has 0 atom stereocenters. The van der Waals surface area contributed by atoms with Crippen LogP contribution in [0, 0.1) is 5.92 Å². The van der Waals surface area contributed by atoms with E-state index in [9.17, 15) is 4.79 Å². The number of carbonyl (C=O) groups excluding carboxylic acids is 1. The summed E-state index contributed by atoms with van der Waals surface area (Å²) in [7, 11) is 0. The fraction of sp³-hybridized carbons (Fsp3) is 0.583. The van der Waals surface area contributed by atoms with Gasteiger partial charge < -0.3 is 10.6 Å². The van der Waals surface area contributed by atoms with Gasteiger partial charge in [-0.3, -0.25) is 4.79 Å². The number of aromatic nitrogens is 2. The van der Waals surface area contributed by atoms with Crippen LogP contribution < -0.4 is 5.73 Å². The summed E-state index contributed by atoms with van der Waals surface area (Å²) < 4.78 is 0. The number of anilines is 1. The van der Waals surface area contributed by atoms with Gasteiger partial charge in [0.15, 0.2) is 11.5 Å². The van der Waals surface area contributed by atoms with Crippen LogP contribution in [0.2, 0.25) is 0 Å². The van der Waals surface area contributed by atoms with Crippen LogP contribution in [-0.2, 0) is 0 Å². The van der Waals surface area contributed by atoms with Crippen LogP contribution in [0.4, 0.5) is 5.82 Å². The summed E-state index contributed by atoms with van der Waals surface area (Å²) in [5.74, 6) is 0.794. The van der Waals surface area contributed by atoms with Crippen LogP contribution in [0.25, 0.3) is 0 Å². The number of hydrogen-bond acceptors (Lipinski definition) is 4. The molecule has 0 aliphatic heterocycles.